The van der Waals surface area contributed by atoms with Gasteiger partial charge in [-0.1, -0.05) is 12.1 Å². The fourth-order valence-electron chi connectivity index (χ4n) is 1.67. The fraction of sp³-hybridized carbons (Fsp3) is 0.154. The average Bonchev–Trinajstić information content (AvgIpc) is 2.32. The molecule has 1 aromatic heterocycles. The van der Waals surface area contributed by atoms with Crippen molar-refractivity contribution >= 4 is 11.6 Å². The Labute approximate surface area is 104 Å². The molecule has 1 amide bonds. The predicted octanol–water partition coefficient (Wildman–Crippen LogP) is 2.48. The lowest BCUT2D eigenvalue weighted by Crippen LogP contribution is -2.17. The zero-order valence-electron chi connectivity index (χ0n) is 10.1. The van der Waals surface area contributed by atoms with Gasteiger partial charge in [0.25, 0.3) is 5.91 Å². The van der Waals surface area contributed by atoms with Gasteiger partial charge in [0.2, 0.25) is 0 Å². The Morgan fingerprint density at radius 3 is 2.39 bits per heavy atom. The second-order valence-corrected chi connectivity index (χ2v) is 3.85. The van der Waals surface area contributed by atoms with Gasteiger partial charge in [-0.25, -0.2) is 14.4 Å². The summed E-state index contributed by atoms with van der Waals surface area (Å²) in [6, 6.07) is 6.01. The summed E-state index contributed by atoms with van der Waals surface area (Å²) in [5.74, 6) is -0.881. The Balaban J connectivity index is 2.31. The first-order chi connectivity index (χ1) is 8.59. The maximum atomic E-state index is 13.4. The molecule has 0 fully saturated rings. The molecule has 0 aliphatic carbocycles. The van der Waals surface area contributed by atoms with Crippen molar-refractivity contribution in [2.45, 2.75) is 13.8 Å². The number of benzene rings is 1. The molecule has 0 saturated carbocycles. The normalized spacial score (nSPS) is 10.2. The first-order valence-electron chi connectivity index (χ1n) is 5.43. The zero-order chi connectivity index (χ0) is 13.1. The monoisotopic (exact) mass is 245 g/mol. The van der Waals surface area contributed by atoms with Gasteiger partial charge in [0, 0.05) is 0 Å². The maximum Gasteiger partial charge on any atom is 0.259 e. The van der Waals surface area contributed by atoms with Crippen LogP contribution in [0, 0.1) is 19.7 Å². The van der Waals surface area contributed by atoms with Crippen LogP contribution >= 0.6 is 0 Å². The molecule has 0 radical (unpaired) electrons. The van der Waals surface area contributed by atoms with E-state index in [4.69, 9.17) is 0 Å². The predicted molar refractivity (Wildman–Crippen MR) is 65.9 cm³/mol. The van der Waals surface area contributed by atoms with Gasteiger partial charge in [0.1, 0.15) is 12.1 Å². The molecule has 0 unspecified atom stereocenters. The van der Waals surface area contributed by atoms with Gasteiger partial charge in [0.05, 0.1) is 22.6 Å². The first-order valence-corrected chi connectivity index (χ1v) is 5.43. The molecule has 0 spiro atoms. The second-order valence-electron chi connectivity index (χ2n) is 3.85. The van der Waals surface area contributed by atoms with Crippen LogP contribution in [0.2, 0.25) is 0 Å². The Morgan fingerprint density at radius 2 is 1.78 bits per heavy atom. The van der Waals surface area contributed by atoms with E-state index >= 15 is 0 Å². The van der Waals surface area contributed by atoms with Crippen molar-refractivity contribution in [2.24, 2.45) is 0 Å². The van der Waals surface area contributed by atoms with E-state index in [0.717, 1.165) is 0 Å². The zero-order valence-corrected chi connectivity index (χ0v) is 10.1. The average molecular weight is 245 g/mol. The molecule has 0 aliphatic heterocycles. The Morgan fingerprint density at radius 1 is 1.17 bits per heavy atom. The summed E-state index contributed by atoms with van der Waals surface area (Å²) in [5, 5.41) is 2.51. The molecular weight excluding hydrogens is 233 g/mol. The van der Waals surface area contributed by atoms with Crippen LogP contribution in [0.25, 0.3) is 0 Å². The molecule has 0 atom stereocenters. The van der Waals surface area contributed by atoms with E-state index in [0.29, 0.717) is 17.0 Å². The van der Waals surface area contributed by atoms with E-state index in [9.17, 15) is 9.18 Å². The van der Waals surface area contributed by atoms with Crippen molar-refractivity contribution in [3.05, 3.63) is 53.4 Å². The summed E-state index contributed by atoms with van der Waals surface area (Å²) < 4.78 is 13.4. The topological polar surface area (TPSA) is 54.9 Å². The van der Waals surface area contributed by atoms with Gasteiger partial charge < -0.3 is 5.32 Å². The molecular formula is C13H12FN3O. The highest BCUT2D eigenvalue weighted by Gasteiger charge is 2.15. The van der Waals surface area contributed by atoms with Crippen molar-refractivity contribution in [2.75, 3.05) is 5.32 Å². The van der Waals surface area contributed by atoms with E-state index in [2.05, 4.69) is 15.3 Å². The minimum Gasteiger partial charge on any atom is -0.319 e. The smallest absolute Gasteiger partial charge is 0.259 e. The van der Waals surface area contributed by atoms with Gasteiger partial charge in [-0.3, -0.25) is 4.79 Å². The molecule has 1 aromatic carbocycles. The van der Waals surface area contributed by atoms with Crippen LogP contribution in [0.4, 0.5) is 10.1 Å². The number of rotatable bonds is 2. The standard InChI is InChI=1S/C13H12FN3O/c1-8-12(9(2)16-7-15-8)13(18)17-11-6-4-3-5-10(11)14/h3-7H,1-2H3,(H,17,18). The maximum absolute atomic E-state index is 13.4. The lowest BCUT2D eigenvalue weighted by atomic mass is 10.1. The van der Waals surface area contributed by atoms with Crippen molar-refractivity contribution in [3.8, 4) is 0 Å². The highest BCUT2D eigenvalue weighted by atomic mass is 19.1. The van der Waals surface area contributed by atoms with E-state index in [1.807, 2.05) is 0 Å². The van der Waals surface area contributed by atoms with Crippen LogP contribution in [-0.4, -0.2) is 15.9 Å². The third-order valence-electron chi connectivity index (χ3n) is 2.58. The Hall–Kier alpha value is -2.30. The molecule has 4 nitrogen and oxygen atoms in total. The van der Waals surface area contributed by atoms with Crippen LogP contribution in [0.3, 0.4) is 0 Å². The van der Waals surface area contributed by atoms with Crippen molar-refractivity contribution in [3.63, 3.8) is 0 Å². The number of carbonyl (C=O) groups is 1. The van der Waals surface area contributed by atoms with Gasteiger partial charge in [-0.05, 0) is 26.0 Å². The van der Waals surface area contributed by atoms with Crippen molar-refractivity contribution in [1.29, 1.82) is 0 Å². The fourth-order valence-corrected chi connectivity index (χ4v) is 1.67. The number of amides is 1. The van der Waals surface area contributed by atoms with E-state index in [1.165, 1.54) is 18.5 Å². The molecule has 0 saturated heterocycles. The lowest BCUT2D eigenvalue weighted by molar-refractivity contribution is 0.102. The highest BCUT2D eigenvalue weighted by Crippen LogP contribution is 2.15. The number of halogens is 1. The van der Waals surface area contributed by atoms with Crippen LogP contribution in [0.15, 0.2) is 30.6 Å². The van der Waals surface area contributed by atoms with Gasteiger partial charge in [0.15, 0.2) is 0 Å². The molecule has 0 aliphatic rings. The number of aromatic nitrogens is 2. The largest absolute Gasteiger partial charge is 0.319 e. The number of para-hydroxylation sites is 1. The van der Waals surface area contributed by atoms with Gasteiger partial charge in [-0.2, -0.15) is 0 Å². The Kier molecular flexibility index (Phi) is 3.32. The quantitative estimate of drug-likeness (QED) is 0.884. The summed E-state index contributed by atoms with van der Waals surface area (Å²) in [7, 11) is 0. The summed E-state index contributed by atoms with van der Waals surface area (Å²) >= 11 is 0. The number of aryl methyl sites for hydroxylation is 2. The summed E-state index contributed by atoms with van der Waals surface area (Å²) in [4.78, 5) is 20.0. The third kappa shape index (κ3) is 2.34. The van der Waals surface area contributed by atoms with E-state index < -0.39 is 11.7 Å². The van der Waals surface area contributed by atoms with Gasteiger partial charge >= 0.3 is 0 Å². The van der Waals surface area contributed by atoms with Crippen LogP contribution in [0.5, 0.6) is 0 Å². The molecule has 2 aromatic rings. The second kappa shape index (κ2) is 4.91. The van der Waals surface area contributed by atoms with Crippen molar-refractivity contribution in [1.82, 2.24) is 9.97 Å². The van der Waals surface area contributed by atoms with E-state index in [-0.39, 0.29) is 5.69 Å². The molecule has 2 rings (SSSR count). The molecule has 1 N–H and O–H groups in total. The number of hydrogen-bond donors (Lipinski definition) is 1. The van der Waals surface area contributed by atoms with Crippen LogP contribution in [-0.2, 0) is 0 Å². The Bertz CT molecular complexity index is 578. The third-order valence-corrected chi connectivity index (χ3v) is 2.58. The van der Waals surface area contributed by atoms with Gasteiger partial charge in [-0.15, -0.1) is 0 Å². The number of nitrogens with zero attached hydrogens (tertiary/aromatic N) is 2. The summed E-state index contributed by atoms with van der Waals surface area (Å²) in [5.41, 5.74) is 1.65. The highest BCUT2D eigenvalue weighted by molar-refractivity contribution is 6.05. The molecule has 5 heteroatoms. The molecule has 18 heavy (non-hydrogen) atoms. The van der Waals surface area contributed by atoms with Crippen LogP contribution < -0.4 is 5.32 Å². The van der Waals surface area contributed by atoms with E-state index in [1.54, 1.807) is 26.0 Å². The summed E-state index contributed by atoms with van der Waals surface area (Å²) in [6.07, 6.45) is 1.39. The summed E-state index contributed by atoms with van der Waals surface area (Å²) in [6.45, 7) is 3.43. The number of anilines is 1. The molecule has 92 valence electrons. The lowest BCUT2D eigenvalue weighted by Gasteiger charge is -2.09. The van der Waals surface area contributed by atoms with Crippen molar-refractivity contribution < 1.29 is 9.18 Å². The minimum atomic E-state index is -0.474. The minimum absolute atomic E-state index is 0.144. The first kappa shape index (κ1) is 12.2. The number of nitrogens with one attached hydrogen (secondary N) is 1. The molecule has 0 bridgehead atoms. The SMILES string of the molecule is Cc1ncnc(C)c1C(=O)Nc1ccccc1F. The number of carbonyl (C=O) groups excluding carboxylic acids is 1. The van der Waals surface area contributed by atoms with Crippen LogP contribution in [0.1, 0.15) is 21.7 Å². The number of hydrogen-bond acceptors (Lipinski definition) is 3. The molecule has 1 heterocycles.